The van der Waals surface area contributed by atoms with E-state index < -0.39 is 5.24 Å². The Morgan fingerprint density at radius 3 is 2.22 bits per heavy atom. The average molecular weight is 259 g/mol. The third-order valence-corrected chi connectivity index (χ3v) is 2.87. The van der Waals surface area contributed by atoms with E-state index in [9.17, 15) is 9.59 Å². The van der Waals surface area contributed by atoms with Crippen molar-refractivity contribution < 1.29 is 9.59 Å². The van der Waals surface area contributed by atoms with Crippen molar-refractivity contribution in [2.45, 2.75) is 6.92 Å². The molecule has 0 saturated heterocycles. The first-order valence-electron chi connectivity index (χ1n) is 5.50. The topological polar surface area (TPSA) is 34.1 Å². The maximum atomic E-state index is 12.3. The van der Waals surface area contributed by atoms with Gasteiger partial charge >= 0.3 is 0 Å². The lowest BCUT2D eigenvalue weighted by Crippen LogP contribution is -2.07. The molecule has 2 aromatic rings. The summed E-state index contributed by atoms with van der Waals surface area (Å²) >= 11 is 5.48. The number of carbonyl (C=O) groups is 2. The second-order valence-corrected chi connectivity index (χ2v) is 4.36. The maximum absolute atomic E-state index is 12.3. The summed E-state index contributed by atoms with van der Waals surface area (Å²) < 4.78 is 0. The number of ketones is 1. The van der Waals surface area contributed by atoms with Gasteiger partial charge in [0.25, 0.3) is 5.24 Å². The Labute approximate surface area is 110 Å². The van der Waals surface area contributed by atoms with Gasteiger partial charge in [0, 0.05) is 16.7 Å². The number of hydrogen-bond acceptors (Lipinski definition) is 2. The molecule has 0 amide bonds. The van der Waals surface area contributed by atoms with Crippen molar-refractivity contribution in [2.24, 2.45) is 0 Å². The van der Waals surface area contributed by atoms with E-state index in [4.69, 9.17) is 11.6 Å². The summed E-state index contributed by atoms with van der Waals surface area (Å²) in [6.45, 7) is 1.91. The Morgan fingerprint density at radius 2 is 1.61 bits per heavy atom. The van der Waals surface area contributed by atoms with Gasteiger partial charge in [-0.2, -0.15) is 0 Å². The summed E-state index contributed by atoms with van der Waals surface area (Å²) in [7, 11) is 0. The molecule has 0 aliphatic carbocycles. The molecule has 0 unspecified atom stereocenters. The van der Waals surface area contributed by atoms with Gasteiger partial charge in [-0.1, -0.05) is 42.0 Å². The van der Waals surface area contributed by atoms with Gasteiger partial charge in [-0.3, -0.25) is 9.59 Å². The lowest BCUT2D eigenvalue weighted by molar-refractivity contribution is 0.102. The number of rotatable bonds is 3. The summed E-state index contributed by atoms with van der Waals surface area (Å²) in [4.78, 5) is 23.6. The van der Waals surface area contributed by atoms with Gasteiger partial charge in [0.05, 0.1) is 0 Å². The molecule has 0 spiro atoms. The normalized spacial score (nSPS) is 10.1. The van der Waals surface area contributed by atoms with Crippen LogP contribution in [-0.4, -0.2) is 11.0 Å². The monoisotopic (exact) mass is 258 g/mol. The molecule has 0 aromatic heterocycles. The minimum Gasteiger partial charge on any atom is -0.289 e. The predicted octanol–water partition coefficient (Wildman–Crippen LogP) is 3.61. The molecule has 2 rings (SSSR count). The van der Waals surface area contributed by atoms with E-state index >= 15 is 0 Å². The first-order valence-corrected chi connectivity index (χ1v) is 5.87. The molecule has 0 N–H and O–H groups in total. The molecule has 0 aliphatic heterocycles. The van der Waals surface area contributed by atoms with Crippen LogP contribution in [-0.2, 0) is 0 Å². The predicted molar refractivity (Wildman–Crippen MR) is 71.2 cm³/mol. The molecule has 90 valence electrons. The zero-order valence-electron chi connectivity index (χ0n) is 9.81. The molecule has 0 aliphatic rings. The van der Waals surface area contributed by atoms with Crippen LogP contribution in [0.15, 0.2) is 48.5 Å². The fraction of sp³-hybridized carbons (Fsp3) is 0.0667. The van der Waals surface area contributed by atoms with E-state index in [1.54, 1.807) is 36.4 Å². The molecular formula is C15H11ClO2. The first kappa shape index (κ1) is 12.5. The van der Waals surface area contributed by atoms with Crippen LogP contribution in [0.3, 0.4) is 0 Å². The zero-order chi connectivity index (χ0) is 13.1. The Morgan fingerprint density at radius 1 is 0.944 bits per heavy atom. The van der Waals surface area contributed by atoms with Gasteiger partial charge in [0.15, 0.2) is 5.78 Å². The minimum atomic E-state index is -0.619. The van der Waals surface area contributed by atoms with Crippen LogP contribution < -0.4 is 0 Å². The second-order valence-electron chi connectivity index (χ2n) is 4.02. The van der Waals surface area contributed by atoms with E-state index in [2.05, 4.69) is 0 Å². The Bertz CT molecular complexity index is 617. The summed E-state index contributed by atoms with van der Waals surface area (Å²) in [5, 5.41) is -0.619. The maximum Gasteiger partial charge on any atom is 0.253 e. The van der Waals surface area contributed by atoms with Crippen LogP contribution >= 0.6 is 11.6 Å². The van der Waals surface area contributed by atoms with Crippen LogP contribution in [0.25, 0.3) is 0 Å². The van der Waals surface area contributed by atoms with Crippen molar-refractivity contribution in [1.29, 1.82) is 0 Å². The molecule has 3 heteroatoms. The van der Waals surface area contributed by atoms with Crippen LogP contribution in [0.5, 0.6) is 0 Å². The van der Waals surface area contributed by atoms with Gasteiger partial charge in [0.2, 0.25) is 0 Å². The van der Waals surface area contributed by atoms with Crippen molar-refractivity contribution in [3.05, 3.63) is 70.8 Å². The number of carbonyl (C=O) groups excluding carboxylic acids is 2. The smallest absolute Gasteiger partial charge is 0.253 e. The molecule has 0 bridgehead atoms. The van der Waals surface area contributed by atoms with E-state index in [1.807, 2.05) is 19.1 Å². The molecule has 0 radical (unpaired) electrons. The van der Waals surface area contributed by atoms with Gasteiger partial charge in [-0.25, -0.2) is 0 Å². The van der Waals surface area contributed by atoms with Crippen molar-refractivity contribution >= 4 is 22.6 Å². The molecule has 0 heterocycles. The fourth-order valence-electron chi connectivity index (χ4n) is 1.79. The Kier molecular flexibility index (Phi) is 3.58. The fourth-order valence-corrected chi connectivity index (χ4v) is 1.96. The van der Waals surface area contributed by atoms with Gasteiger partial charge < -0.3 is 0 Å². The highest BCUT2D eigenvalue weighted by molar-refractivity contribution is 6.68. The number of halogens is 1. The Hall–Kier alpha value is -1.93. The summed E-state index contributed by atoms with van der Waals surface area (Å²) in [5.74, 6) is -0.191. The molecule has 18 heavy (non-hydrogen) atoms. The molecule has 2 aromatic carbocycles. The van der Waals surface area contributed by atoms with Crippen molar-refractivity contribution in [3.63, 3.8) is 0 Å². The van der Waals surface area contributed by atoms with E-state index in [1.165, 1.54) is 0 Å². The molecule has 0 atom stereocenters. The standard InChI is InChI=1S/C15H11ClO2/c1-10-5-4-6-11(9-10)14(17)12-7-2-3-8-13(12)15(16)18/h2-9H,1H3. The molecular weight excluding hydrogens is 248 g/mol. The summed E-state index contributed by atoms with van der Waals surface area (Å²) in [6, 6.07) is 13.8. The van der Waals surface area contributed by atoms with Crippen molar-refractivity contribution in [3.8, 4) is 0 Å². The van der Waals surface area contributed by atoms with Crippen molar-refractivity contribution in [1.82, 2.24) is 0 Å². The SMILES string of the molecule is Cc1cccc(C(=O)c2ccccc2C(=O)Cl)c1. The lowest BCUT2D eigenvalue weighted by atomic mass is 9.98. The third-order valence-electron chi connectivity index (χ3n) is 2.66. The highest BCUT2D eigenvalue weighted by atomic mass is 35.5. The van der Waals surface area contributed by atoms with Gasteiger partial charge in [0.1, 0.15) is 0 Å². The quantitative estimate of drug-likeness (QED) is 0.623. The summed E-state index contributed by atoms with van der Waals surface area (Å²) in [6.07, 6.45) is 0. The largest absolute Gasteiger partial charge is 0.289 e. The van der Waals surface area contributed by atoms with E-state index in [-0.39, 0.29) is 11.3 Å². The zero-order valence-corrected chi connectivity index (χ0v) is 10.6. The third kappa shape index (κ3) is 2.49. The summed E-state index contributed by atoms with van der Waals surface area (Å²) in [5.41, 5.74) is 2.13. The van der Waals surface area contributed by atoms with Crippen molar-refractivity contribution in [2.75, 3.05) is 0 Å². The first-order chi connectivity index (χ1) is 8.59. The van der Waals surface area contributed by atoms with Crippen LogP contribution in [0.2, 0.25) is 0 Å². The van der Waals surface area contributed by atoms with Crippen LogP contribution in [0.1, 0.15) is 31.8 Å². The highest BCUT2D eigenvalue weighted by Crippen LogP contribution is 2.17. The van der Waals surface area contributed by atoms with Gasteiger partial charge in [-0.15, -0.1) is 0 Å². The number of benzene rings is 2. The molecule has 0 saturated carbocycles. The van der Waals surface area contributed by atoms with Crippen LogP contribution in [0, 0.1) is 6.92 Å². The molecule has 0 fully saturated rings. The highest BCUT2D eigenvalue weighted by Gasteiger charge is 2.16. The number of aryl methyl sites for hydroxylation is 1. The molecule has 2 nitrogen and oxygen atoms in total. The lowest BCUT2D eigenvalue weighted by Gasteiger charge is -2.05. The minimum absolute atomic E-state index is 0.191. The van der Waals surface area contributed by atoms with E-state index in [0.29, 0.717) is 11.1 Å². The average Bonchev–Trinajstić information content (AvgIpc) is 2.38. The van der Waals surface area contributed by atoms with Gasteiger partial charge in [-0.05, 0) is 30.7 Å². The van der Waals surface area contributed by atoms with Crippen LogP contribution in [0.4, 0.5) is 0 Å². The number of hydrogen-bond donors (Lipinski definition) is 0. The Balaban J connectivity index is 2.50. The second kappa shape index (κ2) is 5.15. The van der Waals surface area contributed by atoms with E-state index in [0.717, 1.165) is 5.56 Å².